The number of hydrogen-bond acceptors (Lipinski definition) is 3. The lowest BCUT2D eigenvalue weighted by molar-refractivity contribution is 1.01. The molecule has 1 aliphatic carbocycles. The predicted molar refractivity (Wildman–Crippen MR) is 87.9 cm³/mol. The molecule has 1 aliphatic rings. The summed E-state index contributed by atoms with van der Waals surface area (Å²) in [5, 5.41) is 0.691. The fourth-order valence-electron chi connectivity index (χ4n) is 2.24. The topological polar surface area (TPSA) is 38.9 Å². The number of aryl methyl sites for hydroxylation is 1. The largest absolute Gasteiger partial charge is 0.375 e. The van der Waals surface area contributed by atoms with Crippen molar-refractivity contribution in [1.29, 1.82) is 0 Å². The van der Waals surface area contributed by atoms with Crippen LogP contribution in [-0.4, -0.2) is 4.98 Å². The highest BCUT2D eigenvalue weighted by Crippen LogP contribution is 2.44. The van der Waals surface area contributed by atoms with Crippen LogP contribution in [0.1, 0.15) is 40.5 Å². The van der Waals surface area contributed by atoms with Gasteiger partial charge in [0.2, 0.25) is 0 Å². The molecule has 2 nitrogen and oxygen atoms in total. The van der Waals surface area contributed by atoms with Gasteiger partial charge in [-0.1, -0.05) is 31.9 Å². The molecule has 1 saturated carbocycles. The van der Waals surface area contributed by atoms with Gasteiger partial charge in [-0.3, -0.25) is 0 Å². The molecule has 2 aromatic rings. The minimum absolute atomic E-state index is 0.645. The van der Waals surface area contributed by atoms with Crippen molar-refractivity contribution in [3.05, 3.63) is 42.8 Å². The third-order valence-corrected chi connectivity index (χ3v) is 5.65. The number of anilines is 1. The summed E-state index contributed by atoms with van der Waals surface area (Å²) >= 11 is 8.95. The van der Waals surface area contributed by atoms with Crippen molar-refractivity contribution in [2.24, 2.45) is 0 Å². The van der Waals surface area contributed by atoms with E-state index < -0.39 is 0 Å². The zero-order chi connectivity index (χ0) is 13.6. The van der Waals surface area contributed by atoms with E-state index in [1.807, 2.05) is 0 Å². The van der Waals surface area contributed by atoms with Gasteiger partial charge in [-0.15, -0.1) is 11.3 Å². The molecule has 1 fully saturated rings. The summed E-state index contributed by atoms with van der Waals surface area (Å²) < 4.78 is 2.29. The lowest BCUT2D eigenvalue weighted by atomic mass is 10.1. The van der Waals surface area contributed by atoms with Crippen LogP contribution < -0.4 is 5.73 Å². The Labute approximate surface area is 133 Å². The fraction of sp³-hybridized carbons (Fsp3) is 0.357. The highest BCUT2D eigenvalue weighted by molar-refractivity contribution is 9.11. The summed E-state index contributed by atoms with van der Waals surface area (Å²) in [6.07, 6.45) is 3.40. The Morgan fingerprint density at radius 3 is 2.53 bits per heavy atom. The molecule has 0 amide bonds. The van der Waals surface area contributed by atoms with Crippen LogP contribution in [0.5, 0.6) is 0 Å². The smallest absolute Gasteiger partial charge is 0.180 e. The van der Waals surface area contributed by atoms with E-state index in [0.717, 1.165) is 15.4 Å². The number of halogens is 2. The third-order valence-electron chi connectivity index (χ3n) is 3.33. The molecule has 19 heavy (non-hydrogen) atoms. The number of thiazole rings is 1. The van der Waals surface area contributed by atoms with Crippen LogP contribution in [-0.2, 0) is 6.42 Å². The summed E-state index contributed by atoms with van der Waals surface area (Å²) in [5.74, 6) is 0.645. The molecule has 1 heterocycles. The Bertz CT molecular complexity index is 609. The molecule has 3 rings (SSSR count). The van der Waals surface area contributed by atoms with E-state index in [1.54, 1.807) is 11.3 Å². The van der Waals surface area contributed by atoms with Crippen molar-refractivity contribution >= 4 is 48.3 Å². The Morgan fingerprint density at radius 1 is 1.32 bits per heavy atom. The number of nitrogen functional groups attached to an aromatic ring is 1. The second-order valence-electron chi connectivity index (χ2n) is 5.02. The zero-order valence-electron chi connectivity index (χ0n) is 10.5. The molecule has 0 saturated heterocycles. The summed E-state index contributed by atoms with van der Waals surface area (Å²) in [4.78, 5) is 5.82. The Morgan fingerprint density at radius 2 is 1.95 bits per heavy atom. The minimum atomic E-state index is 0.645. The number of nitrogens with two attached hydrogens (primary N) is 1. The summed E-state index contributed by atoms with van der Waals surface area (Å²) in [6, 6.07) is 4.31. The highest BCUT2D eigenvalue weighted by Gasteiger charge is 2.29. The Hall–Kier alpha value is -0.390. The fourth-order valence-corrected chi connectivity index (χ4v) is 4.87. The molecule has 0 atom stereocenters. The molecule has 2 N–H and O–H groups in total. The number of rotatable bonds is 3. The minimum Gasteiger partial charge on any atom is -0.375 e. The first-order valence-electron chi connectivity index (χ1n) is 6.24. The maximum Gasteiger partial charge on any atom is 0.180 e. The van der Waals surface area contributed by atoms with Gasteiger partial charge in [-0.25, -0.2) is 4.98 Å². The van der Waals surface area contributed by atoms with Crippen molar-refractivity contribution in [2.75, 3.05) is 5.73 Å². The van der Waals surface area contributed by atoms with Crippen molar-refractivity contribution in [3.63, 3.8) is 0 Å². The van der Waals surface area contributed by atoms with Gasteiger partial charge in [0.05, 0.1) is 5.69 Å². The van der Waals surface area contributed by atoms with Gasteiger partial charge in [-0.05, 0) is 43.0 Å². The quantitative estimate of drug-likeness (QED) is 0.783. The SMILES string of the molecule is Cc1cc(Br)c(Cc2sc(N)nc2C2CC2)c(Br)c1. The van der Waals surface area contributed by atoms with Crippen LogP contribution in [0.3, 0.4) is 0 Å². The van der Waals surface area contributed by atoms with Crippen LogP contribution in [0.2, 0.25) is 0 Å². The van der Waals surface area contributed by atoms with Crippen molar-refractivity contribution in [2.45, 2.75) is 32.1 Å². The maximum atomic E-state index is 5.88. The zero-order valence-corrected chi connectivity index (χ0v) is 14.5. The van der Waals surface area contributed by atoms with Crippen LogP contribution in [0.25, 0.3) is 0 Å². The molecular formula is C14H14Br2N2S. The standard InChI is InChI=1S/C14H14Br2N2S/c1-7-4-10(15)9(11(16)5-7)6-12-13(8-2-3-8)18-14(17)19-12/h4-5,8H,2-3,6H2,1H3,(H2,17,18). The molecule has 0 spiro atoms. The number of nitrogens with zero attached hydrogens (tertiary/aromatic N) is 1. The van der Waals surface area contributed by atoms with Gasteiger partial charge in [0.1, 0.15) is 0 Å². The average Bonchev–Trinajstić information content (AvgIpc) is 3.08. The van der Waals surface area contributed by atoms with Crippen molar-refractivity contribution < 1.29 is 0 Å². The molecule has 0 aliphatic heterocycles. The third kappa shape index (κ3) is 2.88. The van der Waals surface area contributed by atoms with E-state index in [2.05, 4.69) is 55.9 Å². The van der Waals surface area contributed by atoms with Crippen LogP contribution in [0.15, 0.2) is 21.1 Å². The second kappa shape index (κ2) is 5.19. The van der Waals surface area contributed by atoms with E-state index in [-0.39, 0.29) is 0 Å². The molecule has 0 unspecified atom stereocenters. The molecular weight excluding hydrogens is 388 g/mol. The van der Waals surface area contributed by atoms with Gasteiger partial charge in [0, 0.05) is 26.2 Å². The Balaban J connectivity index is 1.97. The second-order valence-corrected chi connectivity index (χ2v) is 7.84. The Kier molecular flexibility index (Phi) is 3.71. The number of benzene rings is 1. The number of hydrogen-bond donors (Lipinski definition) is 1. The van der Waals surface area contributed by atoms with Gasteiger partial charge < -0.3 is 5.73 Å². The first kappa shape index (κ1) is 13.6. The van der Waals surface area contributed by atoms with Gasteiger partial charge in [-0.2, -0.15) is 0 Å². The van der Waals surface area contributed by atoms with Gasteiger partial charge in [0.15, 0.2) is 5.13 Å². The predicted octanol–water partition coefficient (Wildman–Crippen LogP) is 5.03. The molecule has 1 aromatic carbocycles. The highest BCUT2D eigenvalue weighted by atomic mass is 79.9. The first-order valence-corrected chi connectivity index (χ1v) is 8.64. The van der Waals surface area contributed by atoms with Crippen molar-refractivity contribution in [1.82, 2.24) is 4.98 Å². The molecule has 0 bridgehead atoms. The van der Waals surface area contributed by atoms with E-state index in [4.69, 9.17) is 5.73 Å². The summed E-state index contributed by atoms with van der Waals surface area (Å²) in [5.41, 5.74) is 9.63. The van der Waals surface area contributed by atoms with E-state index in [1.165, 1.54) is 34.5 Å². The summed E-state index contributed by atoms with van der Waals surface area (Å²) in [7, 11) is 0. The monoisotopic (exact) mass is 400 g/mol. The van der Waals surface area contributed by atoms with E-state index in [9.17, 15) is 0 Å². The average molecular weight is 402 g/mol. The molecule has 1 aromatic heterocycles. The molecule has 5 heteroatoms. The van der Waals surface area contributed by atoms with Crippen LogP contribution >= 0.6 is 43.2 Å². The lowest BCUT2D eigenvalue weighted by Gasteiger charge is -2.08. The van der Waals surface area contributed by atoms with E-state index in [0.29, 0.717) is 11.0 Å². The first-order chi connectivity index (χ1) is 9.04. The number of aromatic nitrogens is 1. The lowest BCUT2D eigenvalue weighted by Crippen LogP contribution is -1.94. The summed E-state index contributed by atoms with van der Waals surface area (Å²) in [6.45, 7) is 2.10. The normalized spacial score (nSPS) is 14.9. The van der Waals surface area contributed by atoms with Crippen LogP contribution in [0, 0.1) is 6.92 Å². The van der Waals surface area contributed by atoms with Gasteiger partial charge in [0.25, 0.3) is 0 Å². The van der Waals surface area contributed by atoms with Gasteiger partial charge >= 0.3 is 0 Å². The maximum absolute atomic E-state index is 5.88. The van der Waals surface area contributed by atoms with Crippen LogP contribution in [0.4, 0.5) is 5.13 Å². The van der Waals surface area contributed by atoms with Crippen molar-refractivity contribution in [3.8, 4) is 0 Å². The molecule has 100 valence electrons. The van der Waals surface area contributed by atoms with E-state index >= 15 is 0 Å². The molecule has 0 radical (unpaired) electrons.